The second-order valence-corrected chi connectivity index (χ2v) is 5.40. The van der Waals surface area contributed by atoms with Crippen LogP contribution in [0.2, 0.25) is 0 Å². The first-order valence-corrected chi connectivity index (χ1v) is 7.42. The van der Waals surface area contributed by atoms with E-state index in [9.17, 15) is 4.79 Å². The highest BCUT2D eigenvalue weighted by Crippen LogP contribution is 2.32. The van der Waals surface area contributed by atoms with Crippen LogP contribution in [0.4, 0.5) is 0 Å². The first kappa shape index (κ1) is 13.8. The van der Waals surface area contributed by atoms with Gasteiger partial charge >= 0.3 is 0 Å². The molecule has 0 bridgehead atoms. The van der Waals surface area contributed by atoms with E-state index in [1.165, 1.54) is 0 Å². The lowest BCUT2D eigenvalue weighted by Gasteiger charge is -2.22. The van der Waals surface area contributed by atoms with Gasteiger partial charge in [0.2, 0.25) is 0 Å². The van der Waals surface area contributed by atoms with Crippen molar-refractivity contribution in [3.05, 3.63) is 47.7 Å². The highest BCUT2D eigenvalue weighted by molar-refractivity contribution is 6.00. The van der Waals surface area contributed by atoms with E-state index < -0.39 is 0 Å². The molecule has 1 aromatic heterocycles. The quantitative estimate of drug-likeness (QED) is 0.856. The second-order valence-electron chi connectivity index (χ2n) is 5.40. The van der Waals surface area contributed by atoms with Gasteiger partial charge in [-0.1, -0.05) is 19.1 Å². The fraction of sp³-hybridized carbons (Fsp3) is 0.333. The first-order valence-electron chi connectivity index (χ1n) is 7.42. The number of ether oxygens (including phenoxy) is 1. The summed E-state index contributed by atoms with van der Waals surface area (Å²) in [4.78, 5) is 17.1. The van der Waals surface area contributed by atoms with Gasteiger partial charge in [-0.3, -0.25) is 9.78 Å². The van der Waals surface area contributed by atoms with Gasteiger partial charge in [0.1, 0.15) is 5.75 Å². The molecule has 1 heterocycles. The van der Waals surface area contributed by atoms with Crippen LogP contribution in [0.5, 0.6) is 5.75 Å². The van der Waals surface area contributed by atoms with Crippen LogP contribution < -0.4 is 4.74 Å². The molecule has 1 aliphatic carbocycles. The Morgan fingerprint density at radius 1 is 1.19 bits per heavy atom. The maximum absolute atomic E-state index is 12.4. The molecule has 21 heavy (non-hydrogen) atoms. The van der Waals surface area contributed by atoms with E-state index in [1.807, 2.05) is 36.4 Å². The fourth-order valence-electron chi connectivity index (χ4n) is 2.97. The van der Waals surface area contributed by atoms with Gasteiger partial charge in [-0.05, 0) is 43.5 Å². The maximum atomic E-state index is 12.4. The summed E-state index contributed by atoms with van der Waals surface area (Å²) in [5.74, 6) is 1.22. The van der Waals surface area contributed by atoms with Gasteiger partial charge < -0.3 is 4.74 Å². The molecule has 3 rings (SSSR count). The molecule has 0 saturated heterocycles. The number of Topliss-reactive ketones (excluding diaryl/α,β-unsaturated/α-hetero) is 1. The van der Waals surface area contributed by atoms with Crippen molar-refractivity contribution in [2.45, 2.75) is 26.2 Å². The van der Waals surface area contributed by atoms with Crippen LogP contribution in [-0.2, 0) is 6.42 Å². The predicted molar refractivity (Wildman–Crippen MR) is 82.7 cm³/mol. The van der Waals surface area contributed by atoms with Crippen molar-refractivity contribution in [3.63, 3.8) is 0 Å². The summed E-state index contributed by atoms with van der Waals surface area (Å²) >= 11 is 0. The third-order valence-corrected chi connectivity index (χ3v) is 4.22. The molecule has 0 aliphatic heterocycles. The Hall–Kier alpha value is -2.16. The molecule has 1 unspecified atom stereocenters. The fourth-order valence-corrected chi connectivity index (χ4v) is 2.97. The molecule has 3 nitrogen and oxygen atoms in total. The number of hydrogen-bond donors (Lipinski definition) is 0. The molecule has 0 N–H and O–H groups in total. The zero-order valence-electron chi connectivity index (χ0n) is 12.4. The smallest absolute Gasteiger partial charge is 0.167 e. The average Bonchev–Trinajstić information content (AvgIpc) is 2.55. The second kappa shape index (κ2) is 5.68. The number of carbonyl (C=O) groups excluding carboxylic acids is 1. The molecule has 0 amide bonds. The van der Waals surface area contributed by atoms with E-state index in [1.54, 1.807) is 7.11 Å². The van der Waals surface area contributed by atoms with Gasteiger partial charge in [-0.25, -0.2) is 0 Å². The molecule has 1 aliphatic rings. The highest BCUT2D eigenvalue weighted by atomic mass is 16.5. The largest absolute Gasteiger partial charge is 0.496 e. The molecule has 0 fully saturated rings. The monoisotopic (exact) mass is 281 g/mol. The average molecular weight is 281 g/mol. The van der Waals surface area contributed by atoms with Gasteiger partial charge in [-0.2, -0.15) is 0 Å². The number of ketones is 1. The van der Waals surface area contributed by atoms with Gasteiger partial charge in [-0.15, -0.1) is 0 Å². The van der Waals surface area contributed by atoms with E-state index in [4.69, 9.17) is 9.72 Å². The zero-order valence-corrected chi connectivity index (χ0v) is 12.4. The lowest BCUT2D eigenvalue weighted by Crippen LogP contribution is -2.23. The normalized spacial score (nSPS) is 17.4. The Labute approximate surface area is 125 Å². The van der Waals surface area contributed by atoms with Crippen LogP contribution in [0.15, 0.2) is 36.4 Å². The summed E-state index contributed by atoms with van der Waals surface area (Å²) in [6.07, 6.45) is 2.69. The number of nitrogens with zero attached hydrogens (tertiary/aromatic N) is 1. The minimum absolute atomic E-state index is 0.163. The number of hydrogen-bond acceptors (Lipinski definition) is 3. The van der Waals surface area contributed by atoms with Crippen LogP contribution in [-0.4, -0.2) is 17.9 Å². The first-order chi connectivity index (χ1) is 10.2. The van der Waals surface area contributed by atoms with Crippen LogP contribution in [0, 0.1) is 5.92 Å². The number of carbonyl (C=O) groups is 1. The lowest BCUT2D eigenvalue weighted by atomic mass is 9.83. The molecule has 1 aromatic carbocycles. The topological polar surface area (TPSA) is 39.2 Å². The van der Waals surface area contributed by atoms with Gasteiger partial charge in [0.25, 0.3) is 0 Å². The molecule has 0 spiro atoms. The summed E-state index contributed by atoms with van der Waals surface area (Å²) in [5, 5.41) is 0. The number of fused-ring (bicyclic) bond motifs is 1. The van der Waals surface area contributed by atoms with E-state index in [0.717, 1.165) is 47.5 Å². The molecular formula is C18H19NO2. The number of para-hydroxylation sites is 1. The molecule has 1 atom stereocenters. The summed E-state index contributed by atoms with van der Waals surface area (Å²) < 4.78 is 5.39. The molecule has 108 valence electrons. The standard InChI is InChI=1S/C18H19NO2/c1-3-12-8-10-16-14(18(12)20)9-11-15(19-16)13-6-4-5-7-17(13)21-2/h4-7,9,11-12H,3,8,10H2,1-2H3. The number of aromatic nitrogens is 1. The third kappa shape index (κ3) is 2.44. The predicted octanol–water partition coefficient (Wildman–Crippen LogP) is 3.91. The lowest BCUT2D eigenvalue weighted by molar-refractivity contribution is 0.0897. The number of rotatable bonds is 3. The summed E-state index contributed by atoms with van der Waals surface area (Å²) in [6.45, 7) is 2.07. The molecule has 0 radical (unpaired) electrons. The van der Waals surface area contributed by atoms with E-state index >= 15 is 0 Å². The van der Waals surface area contributed by atoms with Crippen molar-refractivity contribution in [3.8, 4) is 17.0 Å². The van der Waals surface area contributed by atoms with Crippen LogP contribution >= 0.6 is 0 Å². The Morgan fingerprint density at radius 2 is 2.00 bits per heavy atom. The summed E-state index contributed by atoms with van der Waals surface area (Å²) in [6, 6.07) is 11.7. The van der Waals surface area contributed by atoms with Crippen LogP contribution in [0.25, 0.3) is 11.3 Å². The highest BCUT2D eigenvalue weighted by Gasteiger charge is 2.27. The van der Waals surface area contributed by atoms with Crippen LogP contribution in [0.3, 0.4) is 0 Å². The van der Waals surface area contributed by atoms with Crippen molar-refractivity contribution >= 4 is 5.78 Å². The Bertz CT molecular complexity index is 679. The van der Waals surface area contributed by atoms with Gasteiger partial charge in [0, 0.05) is 17.0 Å². The molecule has 2 aromatic rings. The zero-order chi connectivity index (χ0) is 14.8. The van der Waals surface area contributed by atoms with Gasteiger partial charge in [0.15, 0.2) is 5.78 Å². The van der Waals surface area contributed by atoms with E-state index in [0.29, 0.717) is 0 Å². The summed E-state index contributed by atoms with van der Waals surface area (Å²) in [7, 11) is 1.66. The molecule has 3 heteroatoms. The van der Waals surface area contributed by atoms with Crippen molar-refractivity contribution in [2.24, 2.45) is 5.92 Å². The van der Waals surface area contributed by atoms with Crippen molar-refractivity contribution in [1.29, 1.82) is 0 Å². The Morgan fingerprint density at radius 3 is 2.76 bits per heavy atom. The van der Waals surface area contributed by atoms with Crippen molar-refractivity contribution < 1.29 is 9.53 Å². The Kier molecular flexibility index (Phi) is 3.74. The Balaban J connectivity index is 2.03. The van der Waals surface area contributed by atoms with Gasteiger partial charge in [0.05, 0.1) is 18.5 Å². The van der Waals surface area contributed by atoms with Crippen LogP contribution in [0.1, 0.15) is 35.8 Å². The minimum Gasteiger partial charge on any atom is -0.496 e. The number of pyridine rings is 1. The van der Waals surface area contributed by atoms with Crippen molar-refractivity contribution in [2.75, 3.05) is 7.11 Å². The molecule has 0 saturated carbocycles. The van der Waals surface area contributed by atoms with E-state index in [2.05, 4.69) is 6.92 Å². The number of aryl methyl sites for hydroxylation is 1. The summed E-state index contributed by atoms with van der Waals surface area (Å²) in [5.41, 5.74) is 3.56. The number of benzene rings is 1. The maximum Gasteiger partial charge on any atom is 0.167 e. The van der Waals surface area contributed by atoms with E-state index in [-0.39, 0.29) is 11.7 Å². The van der Waals surface area contributed by atoms with Crippen molar-refractivity contribution in [1.82, 2.24) is 4.98 Å². The minimum atomic E-state index is 0.163. The molecular weight excluding hydrogens is 262 g/mol. The number of methoxy groups -OCH3 is 1. The SMILES string of the molecule is CCC1CCc2nc(-c3ccccc3OC)ccc2C1=O. The third-order valence-electron chi connectivity index (χ3n) is 4.22.